The average Bonchev–Trinajstić information content (AvgIpc) is 2.46. The van der Waals surface area contributed by atoms with E-state index < -0.39 is 17.6 Å². The van der Waals surface area contributed by atoms with Crippen molar-refractivity contribution in [3.05, 3.63) is 35.4 Å². The number of carbonyl (C=O) groups excluding carboxylic acids is 1. The molecule has 1 amide bonds. The molecule has 0 aliphatic heterocycles. The molecule has 0 heterocycles. The van der Waals surface area contributed by atoms with Crippen molar-refractivity contribution in [1.82, 2.24) is 5.32 Å². The van der Waals surface area contributed by atoms with Gasteiger partial charge in [-0.15, -0.1) is 0 Å². The van der Waals surface area contributed by atoms with Crippen LogP contribution in [0.1, 0.15) is 56.0 Å². The minimum absolute atomic E-state index is 0.0285. The van der Waals surface area contributed by atoms with Crippen molar-refractivity contribution in [1.29, 1.82) is 0 Å². The molecule has 0 aromatic heterocycles. The molecule has 2 nitrogen and oxygen atoms in total. The Bertz CT molecular complexity index is 553. The van der Waals surface area contributed by atoms with E-state index in [1.807, 2.05) is 0 Å². The number of halogens is 3. The summed E-state index contributed by atoms with van der Waals surface area (Å²) in [5.74, 6) is 0.924. The molecule has 0 saturated heterocycles. The van der Waals surface area contributed by atoms with Gasteiger partial charge in [0.1, 0.15) is 0 Å². The molecule has 1 N–H and O–H groups in total. The number of nitrogens with one attached hydrogen (secondary N) is 1. The minimum Gasteiger partial charge on any atom is -0.349 e. The maximum atomic E-state index is 12.8. The van der Waals surface area contributed by atoms with Crippen LogP contribution in [0.25, 0.3) is 0 Å². The molecular weight excluding hydrogens is 303 g/mol. The standard InChI is InChI=1S/C18H24F3NO/c1-11(2)15-8-7-12(3)9-16(15)22-17(23)13-5-4-6-14(10-13)18(19,20)21/h4-6,10-12,15-16H,7-9H2,1-3H3,(H,22,23)/t12-,15+,16+/m0/s1. The number of amides is 1. The topological polar surface area (TPSA) is 29.1 Å². The van der Waals surface area contributed by atoms with Crippen LogP contribution in [0.4, 0.5) is 13.2 Å². The highest BCUT2D eigenvalue weighted by Crippen LogP contribution is 2.34. The second-order valence-electron chi connectivity index (χ2n) is 6.98. The Balaban J connectivity index is 2.14. The van der Waals surface area contributed by atoms with E-state index >= 15 is 0 Å². The highest BCUT2D eigenvalue weighted by molar-refractivity contribution is 5.94. The SMILES string of the molecule is CC(C)[C@H]1CC[C@H](C)C[C@H]1NC(=O)c1cccc(C(F)(F)F)c1. The van der Waals surface area contributed by atoms with Gasteiger partial charge in [-0.25, -0.2) is 0 Å². The molecule has 0 unspecified atom stereocenters. The normalized spacial score (nSPS) is 25.4. The number of rotatable bonds is 3. The number of benzene rings is 1. The molecule has 5 heteroatoms. The molecule has 1 aliphatic rings. The van der Waals surface area contributed by atoms with E-state index in [4.69, 9.17) is 0 Å². The van der Waals surface area contributed by atoms with Gasteiger partial charge >= 0.3 is 6.18 Å². The third-order valence-corrected chi connectivity index (χ3v) is 4.79. The summed E-state index contributed by atoms with van der Waals surface area (Å²) >= 11 is 0. The summed E-state index contributed by atoms with van der Waals surface area (Å²) in [6, 6.07) is 4.64. The first-order chi connectivity index (χ1) is 10.7. The van der Waals surface area contributed by atoms with Gasteiger partial charge in [-0.05, 0) is 48.8 Å². The Labute approximate surface area is 135 Å². The van der Waals surface area contributed by atoms with Crippen molar-refractivity contribution in [3.8, 4) is 0 Å². The van der Waals surface area contributed by atoms with E-state index in [9.17, 15) is 18.0 Å². The van der Waals surface area contributed by atoms with Crippen LogP contribution in [-0.2, 0) is 6.18 Å². The molecule has 128 valence electrons. The van der Waals surface area contributed by atoms with E-state index in [2.05, 4.69) is 26.1 Å². The lowest BCUT2D eigenvalue weighted by atomic mass is 9.74. The van der Waals surface area contributed by atoms with Crippen LogP contribution in [0.15, 0.2) is 24.3 Å². The largest absolute Gasteiger partial charge is 0.416 e. The second kappa shape index (κ2) is 6.93. The van der Waals surface area contributed by atoms with Crippen molar-refractivity contribution in [2.24, 2.45) is 17.8 Å². The lowest BCUT2D eigenvalue weighted by Crippen LogP contribution is -2.45. The van der Waals surface area contributed by atoms with Crippen molar-refractivity contribution in [2.75, 3.05) is 0 Å². The summed E-state index contributed by atoms with van der Waals surface area (Å²) in [4.78, 5) is 12.4. The van der Waals surface area contributed by atoms with Crippen molar-refractivity contribution >= 4 is 5.91 Å². The van der Waals surface area contributed by atoms with Crippen LogP contribution in [0.2, 0.25) is 0 Å². The molecule has 1 aliphatic carbocycles. The minimum atomic E-state index is -4.43. The Kier molecular flexibility index (Phi) is 5.37. The highest BCUT2D eigenvalue weighted by atomic mass is 19.4. The summed E-state index contributed by atoms with van der Waals surface area (Å²) in [6.45, 7) is 6.41. The molecule has 1 aromatic carbocycles. The maximum Gasteiger partial charge on any atom is 0.416 e. The van der Waals surface area contributed by atoms with Crippen LogP contribution >= 0.6 is 0 Å². The number of alkyl halides is 3. The lowest BCUT2D eigenvalue weighted by Gasteiger charge is -2.37. The van der Waals surface area contributed by atoms with Crippen molar-refractivity contribution in [2.45, 2.75) is 52.3 Å². The fourth-order valence-electron chi connectivity index (χ4n) is 3.46. The molecule has 1 fully saturated rings. The van der Waals surface area contributed by atoms with Crippen LogP contribution < -0.4 is 5.32 Å². The molecular formula is C18H24F3NO. The zero-order valence-electron chi connectivity index (χ0n) is 13.8. The van der Waals surface area contributed by atoms with Gasteiger partial charge in [0.15, 0.2) is 0 Å². The summed E-state index contributed by atoms with van der Waals surface area (Å²) in [6.07, 6.45) is -1.37. The smallest absolute Gasteiger partial charge is 0.349 e. The fraction of sp³-hybridized carbons (Fsp3) is 0.611. The van der Waals surface area contributed by atoms with E-state index in [1.54, 1.807) is 0 Å². The maximum absolute atomic E-state index is 12.8. The Morgan fingerprint density at radius 3 is 2.57 bits per heavy atom. The van der Waals surface area contributed by atoms with E-state index in [-0.39, 0.29) is 11.6 Å². The van der Waals surface area contributed by atoms with Crippen molar-refractivity contribution < 1.29 is 18.0 Å². The first-order valence-electron chi connectivity index (χ1n) is 8.16. The zero-order chi connectivity index (χ0) is 17.2. The zero-order valence-corrected chi connectivity index (χ0v) is 13.8. The molecule has 0 radical (unpaired) electrons. The van der Waals surface area contributed by atoms with E-state index in [0.717, 1.165) is 31.4 Å². The monoisotopic (exact) mass is 327 g/mol. The second-order valence-corrected chi connectivity index (χ2v) is 6.98. The fourth-order valence-corrected chi connectivity index (χ4v) is 3.46. The lowest BCUT2D eigenvalue weighted by molar-refractivity contribution is -0.137. The van der Waals surface area contributed by atoms with Crippen LogP contribution in [0.5, 0.6) is 0 Å². The Hall–Kier alpha value is -1.52. The molecule has 23 heavy (non-hydrogen) atoms. The van der Waals surface area contributed by atoms with Crippen molar-refractivity contribution in [3.63, 3.8) is 0 Å². The number of hydrogen-bond acceptors (Lipinski definition) is 1. The third-order valence-electron chi connectivity index (χ3n) is 4.79. The summed E-state index contributed by atoms with van der Waals surface area (Å²) in [5.41, 5.74) is -0.719. The molecule has 1 saturated carbocycles. The number of hydrogen-bond donors (Lipinski definition) is 1. The van der Waals surface area contributed by atoms with Crippen LogP contribution in [0, 0.1) is 17.8 Å². The number of carbonyl (C=O) groups is 1. The van der Waals surface area contributed by atoms with Gasteiger partial charge in [0, 0.05) is 11.6 Å². The Morgan fingerprint density at radius 1 is 1.26 bits per heavy atom. The van der Waals surface area contributed by atoms with Crippen LogP contribution in [-0.4, -0.2) is 11.9 Å². The van der Waals surface area contributed by atoms with Gasteiger partial charge in [-0.1, -0.05) is 33.3 Å². The van der Waals surface area contributed by atoms with Gasteiger partial charge < -0.3 is 5.32 Å². The first kappa shape index (κ1) is 17.8. The van der Waals surface area contributed by atoms with Gasteiger partial charge in [0.25, 0.3) is 5.91 Å². The van der Waals surface area contributed by atoms with Gasteiger partial charge in [0.05, 0.1) is 5.56 Å². The molecule has 0 bridgehead atoms. The molecule has 1 aromatic rings. The summed E-state index contributed by atoms with van der Waals surface area (Å²) in [7, 11) is 0. The predicted molar refractivity (Wildman–Crippen MR) is 84.0 cm³/mol. The van der Waals surface area contributed by atoms with Gasteiger partial charge in [0.2, 0.25) is 0 Å². The van der Waals surface area contributed by atoms with E-state index in [1.165, 1.54) is 12.1 Å². The average molecular weight is 327 g/mol. The van der Waals surface area contributed by atoms with E-state index in [0.29, 0.717) is 17.8 Å². The van der Waals surface area contributed by atoms with Gasteiger partial charge in [-0.3, -0.25) is 4.79 Å². The molecule has 2 rings (SSSR count). The van der Waals surface area contributed by atoms with Gasteiger partial charge in [-0.2, -0.15) is 13.2 Å². The Morgan fingerprint density at radius 2 is 1.96 bits per heavy atom. The molecule has 0 spiro atoms. The van der Waals surface area contributed by atoms with Crippen LogP contribution in [0.3, 0.4) is 0 Å². The quantitative estimate of drug-likeness (QED) is 0.841. The molecule has 3 atom stereocenters. The third kappa shape index (κ3) is 4.49. The summed E-state index contributed by atoms with van der Waals surface area (Å²) in [5, 5.41) is 2.97. The summed E-state index contributed by atoms with van der Waals surface area (Å²) < 4.78 is 38.3. The highest BCUT2D eigenvalue weighted by Gasteiger charge is 2.33. The predicted octanol–water partition coefficient (Wildman–Crippen LogP) is 4.90. The first-order valence-corrected chi connectivity index (χ1v) is 8.16.